The van der Waals surface area contributed by atoms with Gasteiger partial charge < -0.3 is 25.0 Å². The van der Waals surface area contributed by atoms with Gasteiger partial charge in [-0.15, -0.1) is 6.58 Å². The van der Waals surface area contributed by atoms with Crippen LogP contribution < -0.4 is 20.1 Å². The number of hydrogen-bond acceptors (Lipinski definition) is 9. The first-order chi connectivity index (χ1) is 27.5. The number of sulfonamides is 1. The number of nitrogens with one attached hydrogen (secondary N) is 3. The summed E-state index contributed by atoms with van der Waals surface area (Å²) in [6.45, 7) is 5.99. The molecule has 2 saturated carbocycles. The van der Waals surface area contributed by atoms with Crippen molar-refractivity contribution in [2.24, 2.45) is 5.92 Å². The van der Waals surface area contributed by atoms with Crippen LogP contribution in [0.1, 0.15) is 83.1 Å². The van der Waals surface area contributed by atoms with Gasteiger partial charge in [0.1, 0.15) is 29.5 Å². The van der Waals surface area contributed by atoms with Crippen molar-refractivity contribution >= 4 is 50.8 Å². The van der Waals surface area contributed by atoms with E-state index in [-0.39, 0.29) is 26.0 Å². The van der Waals surface area contributed by atoms with Crippen molar-refractivity contribution in [2.75, 3.05) is 13.2 Å². The first kappa shape index (κ1) is 40.0. The van der Waals surface area contributed by atoms with E-state index in [1.165, 1.54) is 11.0 Å². The Morgan fingerprint density at radius 3 is 2.63 bits per heavy atom. The highest BCUT2D eigenvalue weighted by Crippen LogP contribution is 2.45. The maximum Gasteiger partial charge on any atom is 0.407 e. The van der Waals surface area contributed by atoms with Crippen LogP contribution in [0.5, 0.6) is 5.75 Å². The minimum atomic E-state index is -3.90. The van der Waals surface area contributed by atoms with E-state index >= 15 is 0 Å². The van der Waals surface area contributed by atoms with E-state index in [0.29, 0.717) is 49.1 Å². The summed E-state index contributed by atoms with van der Waals surface area (Å²) in [6.07, 6.45) is 10.4. The molecule has 3 aromatic rings. The molecule has 3 fully saturated rings. The summed E-state index contributed by atoms with van der Waals surface area (Å²) >= 11 is 0. The standard InChI is InChI=1S/C43H51N5O8S/c1-3-5-17-35-40(50)48-27-31(24-37(48)39(49)46-43(26-30(43)4-2)41(51)47-57(53,54)32-19-20-32)56-38-25-36(29-15-11-9-12-16-29)44-34-21-18-28(23-33(34)38)14-10-7-6-8-13-22-55-42(52)45-35/h4,9-12,14-16,18,21,23,25,30-32,35,37H,2-3,5-8,13,17,19-20,22,24,26-27H2,1H3,(H,45,52)(H,46,49)(H,47,51)/b14-10+/t30-,31+,35-,37-,43+/m0/s1. The van der Waals surface area contributed by atoms with Gasteiger partial charge in [-0.1, -0.05) is 74.4 Å². The number of nitrogens with zero attached hydrogens (tertiary/aromatic N) is 2. The van der Waals surface area contributed by atoms with Gasteiger partial charge in [0.15, 0.2) is 0 Å². The third-order valence-electron chi connectivity index (χ3n) is 11.3. The molecule has 7 rings (SSSR count). The van der Waals surface area contributed by atoms with Crippen molar-refractivity contribution in [2.45, 2.75) is 107 Å². The van der Waals surface area contributed by atoms with Crippen molar-refractivity contribution < 1.29 is 37.1 Å². The fourth-order valence-corrected chi connectivity index (χ4v) is 9.08. The Morgan fingerprint density at radius 2 is 1.89 bits per heavy atom. The van der Waals surface area contributed by atoms with Crippen LogP contribution >= 0.6 is 0 Å². The number of alkyl carbamates (subject to hydrolysis) is 1. The van der Waals surface area contributed by atoms with Crippen molar-refractivity contribution in [1.29, 1.82) is 0 Å². The molecule has 3 N–H and O–H groups in total. The molecule has 5 atom stereocenters. The number of amides is 4. The zero-order chi connectivity index (χ0) is 40.2. The molecule has 4 amide bonds. The van der Waals surface area contributed by atoms with Gasteiger partial charge in [-0.2, -0.15) is 0 Å². The highest BCUT2D eigenvalue weighted by molar-refractivity contribution is 7.91. The number of rotatable bonds is 10. The van der Waals surface area contributed by atoms with Crippen molar-refractivity contribution in [1.82, 2.24) is 25.2 Å². The Labute approximate surface area is 333 Å². The van der Waals surface area contributed by atoms with Crippen LogP contribution in [0.3, 0.4) is 0 Å². The van der Waals surface area contributed by atoms with E-state index in [2.05, 4.69) is 34.1 Å². The molecule has 0 unspecified atom stereocenters. The summed E-state index contributed by atoms with van der Waals surface area (Å²) < 4.78 is 40.0. The Kier molecular flexibility index (Phi) is 12.0. The van der Waals surface area contributed by atoms with Crippen LogP contribution in [0.2, 0.25) is 0 Å². The quantitative estimate of drug-likeness (QED) is 0.215. The van der Waals surface area contributed by atoms with Crippen LogP contribution in [0.4, 0.5) is 4.79 Å². The number of carbonyl (C=O) groups is 4. The van der Waals surface area contributed by atoms with Gasteiger partial charge in [0.2, 0.25) is 21.8 Å². The summed E-state index contributed by atoms with van der Waals surface area (Å²) in [4.78, 5) is 62.0. The summed E-state index contributed by atoms with van der Waals surface area (Å²) in [5, 5.41) is 5.73. The van der Waals surface area contributed by atoms with E-state index in [9.17, 15) is 27.6 Å². The second-order valence-electron chi connectivity index (χ2n) is 15.5. The average molecular weight is 798 g/mol. The van der Waals surface area contributed by atoms with Gasteiger partial charge in [-0.3, -0.25) is 19.1 Å². The lowest BCUT2D eigenvalue weighted by molar-refractivity contribution is -0.141. The van der Waals surface area contributed by atoms with E-state index in [1.807, 2.05) is 61.5 Å². The van der Waals surface area contributed by atoms with E-state index in [0.717, 1.165) is 42.2 Å². The number of pyridine rings is 1. The lowest BCUT2D eigenvalue weighted by atomic mass is 10.1. The minimum absolute atomic E-state index is 0.000491. The maximum absolute atomic E-state index is 14.6. The van der Waals surface area contributed by atoms with Crippen molar-refractivity contribution in [3.8, 4) is 17.0 Å². The number of ether oxygens (including phenoxy) is 2. The first-order valence-electron chi connectivity index (χ1n) is 20.1. The normalized spacial score (nSPS) is 26.1. The highest BCUT2D eigenvalue weighted by Gasteiger charge is 2.62. The number of benzene rings is 2. The van der Waals surface area contributed by atoms with Gasteiger partial charge >= 0.3 is 6.09 Å². The highest BCUT2D eigenvalue weighted by atomic mass is 32.2. The zero-order valence-corrected chi connectivity index (χ0v) is 33.1. The third-order valence-corrected chi connectivity index (χ3v) is 13.1. The molecule has 4 aliphatic rings. The van der Waals surface area contributed by atoms with Gasteiger partial charge in [0.05, 0.1) is 29.6 Å². The predicted molar refractivity (Wildman–Crippen MR) is 216 cm³/mol. The molecule has 1 aromatic heterocycles. The molecule has 13 nitrogen and oxygen atoms in total. The van der Waals surface area contributed by atoms with Gasteiger partial charge in [-0.05, 0) is 69.1 Å². The molecule has 2 aromatic carbocycles. The van der Waals surface area contributed by atoms with Crippen LogP contribution in [0.15, 0.2) is 73.3 Å². The number of allylic oxidation sites excluding steroid dienone is 1. The largest absolute Gasteiger partial charge is 0.488 e. The summed E-state index contributed by atoms with van der Waals surface area (Å²) in [7, 11) is -3.90. The fraction of sp³-hybridized carbons (Fsp3) is 0.465. The lowest BCUT2D eigenvalue weighted by Gasteiger charge is -2.29. The van der Waals surface area contributed by atoms with Crippen molar-refractivity contribution in [3.05, 3.63) is 78.9 Å². The number of hydrogen-bond donors (Lipinski definition) is 3. The Morgan fingerprint density at radius 1 is 1.09 bits per heavy atom. The molecule has 57 heavy (non-hydrogen) atoms. The Bertz CT molecular complexity index is 2160. The second kappa shape index (κ2) is 17.1. The fourth-order valence-electron chi connectivity index (χ4n) is 7.72. The topological polar surface area (TPSA) is 173 Å². The van der Waals surface area contributed by atoms with Crippen LogP contribution in [0.25, 0.3) is 28.2 Å². The minimum Gasteiger partial charge on any atom is -0.488 e. The molecule has 0 spiro atoms. The molecule has 2 aliphatic carbocycles. The van der Waals surface area contributed by atoms with E-state index < -0.39 is 68.7 Å². The van der Waals surface area contributed by atoms with Gasteiger partial charge in [-0.25, -0.2) is 18.2 Å². The zero-order valence-electron chi connectivity index (χ0n) is 32.3. The van der Waals surface area contributed by atoms with Crippen LogP contribution in [0, 0.1) is 5.92 Å². The molecule has 1 saturated heterocycles. The summed E-state index contributed by atoms with van der Waals surface area (Å²) in [5.41, 5.74) is 1.71. The molecule has 4 bridgehead atoms. The summed E-state index contributed by atoms with van der Waals surface area (Å²) in [6, 6.07) is 15.5. The van der Waals surface area contributed by atoms with Gasteiger partial charge in [0, 0.05) is 29.4 Å². The number of aromatic nitrogens is 1. The third kappa shape index (κ3) is 9.16. The number of fused-ring (bicyclic) bond motifs is 3. The number of carbonyl (C=O) groups excluding carboxylic acids is 4. The number of cyclic esters (lactones) is 1. The first-order valence-corrected chi connectivity index (χ1v) is 21.6. The summed E-state index contributed by atoms with van der Waals surface area (Å²) in [5.74, 6) is -1.93. The number of unbranched alkanes of at least 4 members (excludes halogenated alkanes) is 1. The molecule has 2 aliphatic heterocycles. The van der Waals surface area contributed by atoms with Crippen LogP contribution in [-0.4, -0.2) is 84.2 Å². The van der Waals surface area contributed by atoms with E-state index in [1.54, 1.807) is 0 Å². The molecule has 0 radical (unpaired) electrons. The van der Waals surface area contributed by atoms with Crippen LogP contribution in [-0.2, 0) is 29.1 Å². The van der Waals surface area contributed by atoms with Crippen molar-refractivity contribution in [3.63, 3.8) is 0 Å². The SMILES string of the molecule is C=C[C@H]1C[C@]1(NC(=O)[C@@H]1C[C@@H]2CN1C(=O)[C@H](CCCC)NC(=O)OCCCCC/C=C/c1ccc3nc(-c4ccccc4)cc(c3c1)O2)C(=O)NS(=O)(=O)C1CC1. The molecule has 3 heterocycles. The Balaban J connectivity index is 1.24. The molecule has 14 heteroatoms. The average Bonchev–Trinajstić information content (AvgIpc) is 4.14. The van der Waals surface area contributed by atoms with Gasteiger partial charge in [0.25, 0.3) is 5.91 Å². The molecule has 302 valence electrons. The maximum atomic E-state index is 14.6. The molecular weight excluding hydrogens is 747 g/mol. The smallest absolute Gasteiger partial charge is 0.407 e. The lowest BCUT2D eigenvalue weighted by Crippen LogP contribution is -2.58. The second-order valence-corrected chi connectivity index (χ2v) is 17.5. The predicted octanol–water partition coefficient (Wildman–Crippen LogP) is 5.79. The monoisotopic (exact) mass is 797 g/mol. The Hall–Kier alpha value is -5.24. The van der Waals surface area contributed by atoms with E-state index in [4.69, 9.17) is 14.5 Å². The molecular formula is C43H51N5O8S.